The zero-order chi connectivity index (χ0) is 20.1. The van der Waals surface area contributed by atoms with E-state index in [1.54, 1.807) is 33.3 Å². The molecular formula is C21H25NO6. The summed E-state index contributed by atoms with van der Waals surface area (Å²) in [5.41, 5.74) is 1.93. The van der Waals surface area contributed by atoms with Crippen LogP contribution in [0.2, 0.25) is 0 Å². The molecule has 1 unspecified atom stereocenters. The number of carbonyl (C=O) groups excluding carboxylic acids is 1. The van der Waals surface area contributed by atoms with Gasteiger partial charge in [0, 0.05) is 6.54 Å². The molecule has 28 heavy (non-hydrogen) atoms. The van der Waals surface area contributed by atoms with Crippen molar-refractivity contribution in [2.45, 2.75) is 12.5 Å². The number of methoxy groups -OCH3 is 4. The molecular weight excluding hydrogens is 362 g/mol. The summed E-state index contributed by atoms with van der Waals surface area (Å²) in [5.74, 6) is 2.60. The lowest BCUT2D eigenvalue weighted by Gasteiger charge is -2.15. The molecule has 7 nitrogen and oxygen atoms in total. The standard InChI is InChI=1S/C21H25NO6/c1-24-16-7-5-14(11-18(16)26-3)9-10-22-13-20(28-21(22)23)15-6-8-17(25-2)19(12-15)27-4/h5-8,11-12,20H,9-10,13H2,1-4H3. The number of benzene rings is 2. The van der Waals surface area contributed by atoms with Gasteiger partial charge in [-0.05, 0) is 41.8 Å². The number of amides is 1. The summed E-state index contributed by atoms with van der Waals surface area (Å²) in [6.45, 7) is 1.04. The van der Waals surface area contributed by atoms with Gasteiger partial charge in [0.15, 0.2) is 23.0 Å². The molecule has 1 saturated heterocycles. The molecule has 0 spiro atoms. The van der Waals surface area contributed by atoms with Crippen LogP contribution in [0.1, 0.15) is 17.2 Å². The second kappa shape index (κ2) is 8.73. The quantitative estimate of drug-likeness (QED) is 0.691. The van der Waals surface area contributed by atoms with Crippen LogP contribution in [0.25, 0.3) is 0 Å². The van der Waals surface area contributed by atoms with E-state index in [4.69, 9.17) is 23.7 Å². The second-order valence-corrected chi connectivity index (χ2v) is 6.37. The summed E-state index contributed by atoms with van der Waals surface area (Å²) >= 11 is 0. The summed E-state index contributed by atoms with van der Waals surface area (Å²) in [7, 11) is 6.38. The van der Waals surface area contributed by atoms with E-state index in [1.807, 2.05) is 36.4 Å². The predicted octanol–water partition coefficient (Wildman–Crippen LogP) is 3.46. The van der Waals surface area contributed by atoms with Gasteiger partial charge >= 0.3 is 6.09 Å². The lowest BCUT2D eigenvalue weighted by molar-refractivity contribution is 0.133. The van der Waals surface area contributed by atoms with E-state index < -0.39 is 0 Å². The average Bonchev–Trinajstić information content (AvgIpc) is 3.11. The Labute approximate surface area is 164 Å². The van der Waals surface area contributed by atoms with Crippen LogP contribution in [0.3, 0.4) is 0 Å². The molecule has 0 aliphatic carbocycles. The van der Waals surface area contributed by atoms with E-state index in [9.17, 15) is 4.79 Å². The van der Waals surface area contributed by atoms with Gasteiger partial charge in [0.1, 0.15) is 6.10 Å². The van der Waals surface area contributed by atoms with Crippen molar-refractivity contribution in [3.05, 3.63) is 47.5 Å². The third-order valence-electron chi connectivity index (χ3n) is 4.79. The highest BCUT2D eigenvalue weighted by Gasteiger charge is 2.32. The maximum absolute atomic E-state index is 12.3. The molecule has 2 aromatic carbocycles. The van der Waals surface area contributed by atoms with Gasteiger partial charge in [0.2, 0.25) is 0 Å². The summed E-state index contributed by atoms with van der Waals surface area (Å²) < 4.78 is 26.7. The number of hydrogen-bond acceptors (Lipinski definition) is 6. The van der Waals surface area contributed by atoms with Crippen molar-refractivity contribution in [2.75, 3.05) is 41.5 Å². The molecule has 1 amide bonds. The molecule has 2 aromatic rings. The van der Waals surface area contributed by atoms with Crippen molar-refractivity contribution in [3.63, 3.8) is 0 Å². The Morgan fingerprint density at radius 1 is 0.893 bits per heavy atom. The van der Waals surface area contributed by atoms with Gasteiger partial charge < -0.3 is 28.6 Å². The van der Waals surface area contributed by atoms with Crippen LogP contribution >= 0.6 is 0 Å². The number of carbonyl (C=O) groups is 1. The Morgan fingerprint density at radius 3 is 2.14 bits per heavy atom. The van der Waals surface area contributed by atoms with Gasteiger partial charge in [-0.25, -0.2) is 4.79 Å². The predicted molar refractivity (Wildman–Crippen MR) is 104 cm³/mol. The van der Waals surface area contributed by atoms with Crippen molar-refractivity contribution >= 4 is 6.09 Å². The molecule has 150 valence electrons. The van der Waals surface area contributed by atoms with E-state index >= 15 is 0 Å². The first kappa shape index (κ1) is 19.7. The van der Waals surface area contributed by atoms with Crippen molar-refractivity contribution in [1.82, 2.24) is 4.90 Å². The lowest BCUT2D eigenvalue weighted by atomic mass is 10.1. The highest BCUT2D eigenvalue weighted by atomic mass is 16.6. The summed E-state index contributed by atoms with van der Waals surface area (Å²) in [4.78, 5) is 14.0. The maximum atomic E-state index is 12.3. The fourth-order valence-electron chi connectivity index (χ4n) is 3.22. The normalized spacial score (nSPS) is 15.9. The van der Waals surface area contributed by atoms with Crippen LogP contribution < -0.4 is 18.9 Å². The maximum Gasteiger partial charge on any atom is 0.410 e. The Morgan fingerprint density at radius 2 is 1.50 bits per heavy atom. The molecule has 0 bridgehead atoms. The minimum absolute atomic E-state index is 0.319. The molecule has 1 atom stereocenters. The smallest absolute Gasteiger partial charge is 0.410 e. The van der Waals surface area contributed by atoms with Crippen molar-refractivity contribution < 1.29 is 28.5 Å². The third kappa shape index (κ3) is 4.08. The number of cyclic esters (lactones) is 1. The summed E-state index contributed by atoms with van der Waals surface area (Å²) in [5, 5.41) is 0. The highest BCUT2D eigenvalue weighted by Crippen LogP contribution is 2.34. The molecule has 1 heterocycles. The first-order valence-corrected chi connectivity index (χ1v) is 8.98. The molecule has 0 saturated carbocycles. The molecule has 0 radical (unpaired) electrons. The van der Waals surface area contributed by atoms with E-state index in [1.165, 1.54) is 0 Å². The minimum Gasteiger partial charge on any atom is -0.493 e. The van der Waals surface area contributed by atoms with Crippen molar-refractivity contribution in [2.24, 2.45) is 0 Å². The Bertz CT molecular complexity index is 838. The second-order valence-electron chi connectivity index (χ2n) is 6.37. The van der Waals surface area contributed by atoms with Crippen LogP contribution in [-0.4, -0.2) is 52.5 Å². The largest absolute Gasteiger partial charge is 0.493 e. The number of ether oxygens (including phenoxy) is 5. The molecule has 1 fully saturated rings. The van der Waals surface area contributed by atoms with Crippen molar-refractivity contribution in [1.29, 1.82) is 0 Å². The molecule has 1 aliphatic heterocycles. The summed E-state index contributed by atoms with van der Waals surface area (Å²) in [6.07, 6.45) is 0.0339. The molecule has 3 rings (SSSR count). The third-order valence-corrected chi connectivity index (χ3v) is 4.79. The van der Waals surface area contributed by atoms with E-state index in [2.05, 4.69) is 0 Å². The zero-order valence-corrected chi connectivity index (χ0v) is 16.6. The topological polar surface area (TPSA) is 66.5 Å². The Kier molecular flexibility index (Phi) is 6.13. The van der Waals surface area contributed by atoms with Crippen LogP contribution in [0.4, 0.5) is 4.79 Å². The van der Waals surface area contributed by atoms with E-state index in [0.29, 0.717) is 42.5 Å². The van der Waals surface area contributed by atoms with Gasteiger partial charge in [-0.3, -0.25) is 0 Å². The summed E-state index contributed by atoms with van der Waals surface area (Å²) in [6, 6.07) is 11.3. The van der Waals surface area contributed by atoms with E-state index in [-0.39, 0.29) is 12.2 Å². The van der Waals surface area contributed by atoms with E-state index in [0.717, 1.165) is 11.1 Å². The fourth-order valence-corrected chi connectivity index (χ4v) is 3.22. The number of rotatable bonds is 8. The molecule has 1 aliphatic rings. The SMILES string of the molecule is COc1ccc(CCN2CC(c3ccc(OC)c(OC)c3)OC2=O)cc1OC. The van der Waals surface area contributed by atoms with Crippen LogP contribution in [-0.2, 0) is 11.2 Å². The van der Waals surface area contributed by atoms with Gasteiger partial charge in [-0.1, -0.05) is 12.1 Å². The number of nitrogens with zero attached hydrogens (tertiary/aromatic N) is 1. The van der Waals surface area contributed by atoms with Gasteiger partial charge in [-0.15, -0.1) is 0 Å². The molecule has 0 N–H and O–H groups in total. The van der Waals surface area contributed by atoms with Gasteiger partial charge in [-0.2, -0.15) is 0 Å². The Balaban J connectivity index is 1.65. The minimum atomic E-state index is -0.335. The van der Waals surface area contributed by atoms with Crippen LogP contribution in [0.5, 0.6) is 23.0 Å². The Hall–Kier alpha value is -3.09. The first-order chi connectivity index (χ1) is 13.6. The highest BCUT2D eigenvalue weighted by molar-refractivity contribution is 5.70. The van der Waals surface area contributed by atoms with Gasteiger partial charge in [0.25, 0.3) is 0 Å². The lowest BCUT2D eigenvalue weighted by Crippen LogP contribution is -2.26. The average molecular weight is 387 g/mol. The molecule has 0 aromatic heterocycles. The van der Waals surface area contributed by atoms with Crippen molar-refractivity contribution in [3.8, 4) is 23.0 Å². The first-order valence-electron chi connectivity index (χ1n) is 8.98. The molecule has 7 heteroatoms. The monoisotopic (exact) mass is 387 g/mol. The van der Waals surface area contributed by atoms with Crippen LogP contribution in [0.15, 0.2) is 36.4 Å². The van der Waals surface area contributed by atoms with Crippen LogP contribution in [0, 0.1) is 0 Å². The zero-order valence-electron chi connectivity index (χ0n) is 16.6. The van der Waals surface area contributed by atoms with Gasteiger partial charge in [0.05, 0.1) is 35.0 Å². The number of hydrogen-bond donors (Lipinski definition) is 0. The fraction of sp³-hybridized carbons (Fsp3) is 0.381.